The van der Waals surface area contributed by atoms with Gasteiger partial charge in [0.1, 0.15) is 0 Å². The van der Waals surface area contributed by atoms with E-state index in [4.69, 9.17) is 0 Å². The van der Waals surface area contributed by atoms with E-state index in [2.05, 4.69) is 340 Å². The normalized spacial score (nSPS) is 13.3. The van der Waals surface area contributed by atoms with E-state index in [0.29, 0.717) is 0 Å². The maximum Gasteiger partial charge on any atom is 0.252 e. The number of nitrogens with zero attached hydrogens (tertiary/aromatic N) is 3. The Morgan fingerprint density at radius 3 is 1.01 bits per heavy atom. The average molecular weight is 1110 g/mol. The second-order valence-corrected chi connectivity index (χ2v) is 28.2. The molecule has 0 atom stereocenters. The first-order valence-electron chi connectivity index (χ1n) is 30.9. The van der Waals surface area contributed by atoms with Gasteiger partial charge in [0.2, 0.25) is 0 Å². The molecular weight excluding hydrogens is 1040 g/mol. The minimum atomic E-state index is -0.151. The molecule has 1 aromatic heterocycles. The van der Waals surface area contributed by atoms with E-state index in [1.807, 2.05) is 0 Å². The Kier molecular flexibility index (Phi) is 12.9. The topological polar surface area (TPSA) is 11.4 Å². The fourth-order valence-electron chi connectivity index (χ4n) is 13.8. The van der Waals surface area contributed by atoms with Crippen molar-refractivity contribution in [3.05, 3.63) is 265 Å². The van der Waals surface area contributed by atoms with Crippen LogP contribution in [0.5, 0.6) is 0 Å². The van der Waals surface area contributed by atoms with Gasteiger partial charge in [0.05, 0.1) is 28.1 Å². The zero-order valence-corrected chi connectivity index (χ0v) is 52.0. The second kappa shape index (κ2) is 20.3. The van der Waals surface area contributed by atoms with Crippen molar-refractivity contribution in [2.75, 3.05) is 9.80 Å². The summed E-state index contributed by atoms with van der Waals surface area (Å²) in [5.41, 5.74) is 28.5. The van der Waals surface area contributed by atoms with E-state index < -0.39 is 0 Å². The Morgan fingerprint density at radius 2 is 0.616 bits per heavy atom. The van der Waals surface area contributed by atoms with Crippen molar-refractivity contribution in [1.29, 1.82) is 0 Å². The molecule has 0 radical (unpaired) electrons. The molecule has 0 unspecified atom stereocenters. The lowest BCUT2D eigenvalue weighted by molar-refractivity contribution is 0.590. The van der Waals surface area contributed by atoms with E-state index in [-0.39, 0.29) is 28.4 Å². The lowest BCUT2D eigenvalue weighted by Crippen LogP contribution is -2.62. The van der Waals surface area contributed by atoms with Crippen molar-refractivity contribution in [3.63, 3.8) is 0 Å². The minimum Gasteiger partial charge on any atom is -0.310 e. The minimum absolute atomic E-state index is 0.0665. The number of fused-ring (bicyclic) bond motifs is 7. The number of rotatable bonds is 7. The van der Waals surface area contributed by atoms with Crippen molar-refractivity contribution in [1.82, 2.24) is 4.57 Å². The number of para-hydroxylation sites is 4. The van der Waals surface area contributed by atoms with E-state index in [1.54, 1.807) is 0 Å². The molecule has 11 aromatic carbocycles. The van der Waals surface area contributed by atoms with Gasteiger partial charge in [-0.3, -0.25) is 0 Å². The summed E-state index contributed by atoms with van der Waals surface area (Å²) in [6, 6.07) is 92.8. The molecule has 2 aliphatic rings. The predicted octanol–water partition coefficient (Wildman–Crippen LogP) is 20.7. The van der Waals surface area contributed by atoms with Gasteiger partial charge < -0.3 is 14.4 Å². The molecule has 0 aliphatic carbocycles. The Balaban J connectivity index is 1.21. The first-order valence-corrected chi connectivity index (χ1v) is 30.9. The van der Waals surface area contributed by atoms with Crippen LogP contribution in [0.25, 0.3) is 72.0 Å². The van der Waals surface area contributed by atoms with E-state index in [1.165, 1.54) is 116 Å². The summed E-state index contributed by atoms with van der Waals surface area (Å²) in [7, 11) is 0. The molecule has 422 valence electrons. The number of hydrogen-bond acceptors (Lipinski definition) is 2. The molecule has 3 heterocycles. The van der Waals surface area contributed by atoms with Crippen LogP contribution < -0.4 is 26.2 Å². The summed E-state index contributed by atoms with van der Waals surface area (Å²) >= 11 is 0. The molecule has 0 N–H and O–H groups in total. The van der Waals surface area contributed by atoms with Gasteiger partial charge in [0.15, 0.2) is 0 Å². The molecule has 12 aromatic rings. The van der Waals surface area contributed by atoms with Crippen LogP contribution in [0.4, 0.5) is 34.1 Å². The molecule has 0 bridgehead atoms. The summed E-state index contributed by atoms with van der Waals surface area (Å²) in [5, 5.41) is 2.46. The molecule has 3 nitrogen and oxygen atoms in total. The highest BCUT2D eigenvalue weighted by atomic mass is 15.2. The van der Waals surface area contributed by atoms with Crippen LogP contribution in [-0.4, -0.2) is 11.3 Å². The highest BCUT2D eigenvalue weighted by molar-refractivity contribution is 7.00. The summed E-state index contributed by atoms with van der Waals surface area (Å²) in [6.45, 7) is 28.0. The zero-order valence-electron chi connectivity index (χ0n) is 52.0. The van der Waals surface area contributed by atoms with Gasteiger partial charge in [-0.1, -0.05) is 289 Å². The Hall–Kier alpha value is -9.12. The van der Waals surface area contributed by atoms with Crippen LogP contribution >= 0.6 is 0 Å². The van der Waals surface area contributed by atoms with E-state index in [9.17, 15) is 0 Å². The summed E-state index contributed by atoms with van der Waals surface area (Å²) in [6.07, 6.45) is 0. The number of anilines is 6. The van der Waals surface area contributed by atoms with Crippen molar-refractivity contribution >= 4 is 79.0 Å². The lowest BCUT2D eigenvalue weighted by Gasteiger charge is -2.46. The third-order valence-electron chi connectivity index (χ3n) is 18.4. The van der Waals surface area contributed by atoms with Crippen LogP contribution in [0, 0.1) is 0 Å². The molecule has 0 spiro atoms. The van der Waals surface area contributed by atoms with Crippen LogP contribution in [0.1, 0.15) is 105 Å². The van der Waals surface area contributed by atoms with Gasteiger partial charge in [0.25, 0.3) is 6.71 Å². The smallest absolute Gasteiger partial charge is 0.252 e. The van der Waals surface area contributed by atoms with Crippen molar-refractivity contribution in [2.45, 2.75) is 105 Å². The average Bonchev–Trinajstić information content (AvgIpc) is 0.747. The monoisotopic (exact) mass is 1110 g/mol. The van der Waals surface area contributed by atoms with Crippen LogP contribution in [0.15, 0.2) is 243 Å². The third-order valence-corrected chi connectivity index (χ3v) is 18.4. The third kappa shape index (κ3) is 9.19. The molecule has 0 amide bonds. The van der Waals surface area contributed by atoms with Crippen molar-refractivity contribution in [2.24, 2.45) is 0 Å². The maximum atomic E-state index is 2.70. The standard InChI is InChI=1S/C82H76BN3/c1-79(2,3)57-33-23-31-55(47-57)64-39-25-37-62(53-27-15-13-16-28-53)77(64)85-72-45-43-59(81(7,8)9)49-68(72)83-69-50-60(82(10,11)12)44-46-73(69)86(75-52-61(51-74(85)76(75)83)84-70-41-21-19-35-66(70)67-36-20-22-42-71(67)84)78-63(54-29-17-14-18-30-54)38-26-40-65(78)56-32-24-34-58(48-56)80(4,5)6/h13-52H,1-12H3. The van der Waals surface area contributed by atoms with Crippen LogP contribution in [-0.2, 0) is 21.7 Å². The Morgan fingerprint density at radius 1 is 0.279 bits per heavy atom. The summed E-state index contributed by atoms with van der Waals surface area (Å²) in [5.74, 6) is 0. The van der Waals surface area contributed by atoms with Crippen LogP contribution in [0.3, 0.4) is 0 Å². The SMILES string of the molecule is CC(C)(C)c1cccc(-c2cccc(-c3ccccc3)c2N2c3ccc(C(C)(C)C)cc3B3c4cc(C(C)(C)C)ccc4N(c4c(-c5ccccc5)cccc4-c4cccc(C(C)(C)C)c4)c4cc(-n5c6ccccc6c6ccccc65)cc2c43)c1. The zero-order chi connectivity index (χ0) is 59.6. The number of hydrogen-bond donors (Lipinski definition) is 0. The van der Waals surface area contributed by atoms with Gasteiger partial charge in [-0.05, 0) is 119 Å². The quantitative estimate of drug-likeness (QED) is 0.147. The fourth-order valence-corrected chi connectivity index (χ4v) is 13.8. The maximum absolute atomic E-state index is 2.70. The number of benzene rings is 11. The van der Waals surface area contributed by atoms with Gasteiger partial charge in [-0.15, -0.1) is 0 Å². The fraction of sp³-hybridized carbons (Fsp3) is 0.195. The summed E-state index contributed by atoms with van der Waals surface area (Å²) < 4.78 is 2.54. The second-order valence-electron chi connectivity index (χ2n) is 28.2. The molecule has 0 saturated heterocycles. The van der Waals surface area contributed by atoms with Gasteiger partial charge in [-0.25, -0.2) is 0 Å². The van der Waals surface area contributed by atoms with Gasteiger partial charge in [0, 0.05) is 55.8 Å². The molecular formula is C82H76BN3. The molecule has 0 fully saturated rings. The van der Waals surface area contributed by atoms with E-state index in [0.717, 1.165) is 28.4 Å². The first kappa shape index (κ1) is 54.8. The van der Waals surface area contributed by atoms with Crippen molar-refractivity contribution < 1.29 is 0 Å². The molecule has 86 heavy (non-hydrogen) atoms. The molecule has 4 heteroatoms. The van der Waals surface area contributed by atoms with Gasteiger partial charge in [-0.2, -0.15) is 0 Å². The Bertz CT molecular complexity index is 4340. The van der Waals surface area contributed by atoms with Gasteiger partial charge >= 0.3 is 0 Å². The van der Waals surface area contributed by atoms with E-state index >= 15 is 0 Å². The Labute approximate surface area is 510 Å². The van der Waals surface area contributed by atoms with Crippen LogP contribution in [0.2, 0.25) is 0 Å². The highest BCUT2D eigenvalue weighted by Crippen LogP contribution is 2.54. The number of aromatic nitrogens is 1. The van der Waals surface area contributed by atoms with Crippen molar-refractivity contribution in [3.8, 4) is 50.2 Å². The molecule has 2 aliphatic heterocycles. The first-order chi connectivity index (χ1) is 41.2. The lowest BCUT2D eigenvalue weighted by atomic mass is 9.33. The predicted molar refractivity (Wildman–Crippen MR) is 371 cm³/mol. The molecule has 14 rings (SSSR count). The molecule has 0 saturated carbocycles. The highest BCUT2D eigenvalue weighted by Gasteiger charge is 2.46. The largest absolute Gasteiger partial charge is 0.310 e. The summed E-state index contributed by atoms with van der Waals surface area (Å²) in [4.78, 5) is 5.40.